The Balaban J connectivity index is 1.68. The van der Waals surface area contributed by atoms with Crippen molar-refractivity contribution in [2.75, 3.05) is 5.32 Å². The van der Waals surface area contributed by atoms with E-state index in [1.54, 1.807) is 24.5 Å². The highest BCUT2D eigenvalue weighted by Crippen LogP contribution is 2.29. The molecule has 0 unspecified atom stereocenters. The standard InChI is InChI=1S/C16H12F3N3O2/c1-22-9-20-13-8-12(6-7-14(13)22)24-15(23)21-11-4-2-10(3-5-11)16(17,18)19/h2-9H,1H3,(H,21,23). The topological polar surface area (TPSA) is 56.2 Å². The lowest BCUT2D eigenvalue weighted by molar-refractivity contribution is -0.137. The number of nitrogens with zero attached hydrogens (tertiary/aromatic N) is 2. The van der Waals surface area contributed by atoms with Crippen molar-refractivity contribution in [3.8, 4) is 5.75 Å². The maximum absolute atomic E-state index is 12.5. The van der Waals surface area contributed by atoms with Gasteiger partial charge in [-0.3, -0.25) is 5.32 Å². The summed E-state index contributed by atoms with van der Waals surface area (Å²) in [6.45, 7) is 0. The van der Waals surface area contributed by atoms with Crippen LogP contribution in [0.2, 0.25) is 0 Å². The number of imidazole rings is 1. The average Bonchev–Trinajstić information content (AvgIpc) is 2.87. The number of aromatic nitrogens is 2. The quantitative estimate of drug-likeness (QED) is 0.763. The second-order valence-electron chi connectivity index (χ2n) is 5.10. The summed E-state index contributed by atoms with van der Waals surface area (Å²) >= 11 is 0. The van der Waals surface area contributed by atoms with Crippen molar-refractivity contribution < 1.29 is 22.7 Å². The van der Waals surface area contributed by atoms with Gasteiger partial charge in [-0.25, -0.2) is 9.78 Å². The molecule has 0 radical (unpaired) electrons. The Morgan fingerprint density at radius 2 is 1.88 bits per heavy atom. The number of halogens is 3. The largest absolute Gasteiger partial charge is 0.417 e. The molecule has 0 saturated heterocycles. The molecule has 1 aromatic heterocycles. The molecule has 0 bridgehead atoms. The summed E-state index contributed by atoms with van der Waals surface area (Å²) in [6.07, 6.45) is -3.58. The van der Waals surface area contributed by atoms with Crippen LogP contribution in [0.4, 0.5) is 23.7 Å². The fourth-order valence-electron chi connectivity index (χ4n) is 2.17. The number of alkyl halides is 3. The molecule has 8 heteroatoms. The van der Waals surface area contributed by atoms with Gasteiger partial charge in [-0.05, 0) is 36.4 Å². The fraction of sp³-hybridized carbons (Fsp3) is 0.125. The fourth-order valence-corrected chi connectivity index (χ4v) is 2.17. The van der Waals surface area contributed by atoms with Crippen molar-refractivity contribution in [2.45, 2.75) is 6.18 Å². The van der Waals surface area contributed by atoms with Gasteiger partial charge in [0.05, 0.1) is 22.9 Å². The molecule has 124 valence electrons. The predicted molar refractivity (Wildman–Crippen MR) is 81.8 cm³/mol. The van der Waals surface area contributed by atoms with E-state index in [0.29, 0.717) is 5.52 Å². The van der Waals surface area contributed by atoms with Gasteiger partial charge >= 0.3 is 12.3 Å². The van der Waals surface area contributed by atoms with E-state index in [2.05, 4.69) is 10.3 Å². The van der Waals surface area contributed by atoms with Crippen LogP contribution in [-0.4, -0.2) is 15.6 Å². The van der Waals surface area contributed by atoms with Gasteiger partial charge in [0.1, 0.15) is 5.75 Å². The summed E-state index contributed by atoms with van der Waals surface area (Å²) in [5.74, 6) is 0.283. The number of carbonyl (C=O) groups excluding carboxylic acids is 1. The monoisotopic (exact) mass is 335 g/mol. The van der Waals surface area contributed by atoms with Gasteiger partial charge in [0, 0.05) is 18.8 Å². The third-order valence-corrected chi connectivity index (χ3v) is 3.37. The normalized spacial score (nSPS) is 11.5. The van der Waals surface area contributed by atoms with Crippen molar-refractivity contribution in [3.05, 3.63) is 54.4 Å². The van der Waals surface area contributed by atoms with E-state index < -0.39 is 17.8 Å². The molecule has 0 saturated carbocycles. The van der Waals surface area contributed by atoms with Crippen molar-refractivity contribution >= 4 is 22.8 Å². The molecule has 0 aliphatic carbocycles. The summed E-state index contributed by atoms with van der Waals surface area (Å²) < 4.78 is 44.4. The molecule has 0 atom stereocenters. The van der Waals surface area contributed by atoms with Crippen LogP contribution >= 0.6 is 0 Å². The summed E-state index contributed by atoms with van der Waals surface area (Å²) in [7, 11) is 1.84. The molecule has 5 nitrogen and oxygen atoms in total. The lowest BCUT2D eigenvalue weighted by atomic mass is 10.2. The molecular weight excluding hydrogens is 323 g/mol. The molecule has 0 aliphatic rings. The first-order valence-corrected chi connectivity index (χ1v) is 6.90. The van der Waals surface area contributed by atoms with Gasteiger partial charge in [-0.15, -0.1) is 0 Å². The number of aryl methyl sites for hydroxylation is 1. The minimum absolute atomic E-state index is 0.201. The van der Waals surface area contributed by atoms with Crippen LogP contribution in [0.25, 0.3) is 11.0 Å². The molecule has 2 aromatic carbocycles. The molecule has 0 spiro atoms. The second-order valence-corrected chi connectivity index (χ2v) is 5.10. The third kappa shape index (κ3) is 3.32. The van der Waals surface area contributed by atoms with Crippen LogP contribution in [0.1, 0.15) is 5.56 Å². The smallest absolute Gasteiger partial charge is 0.410 e. The van der Waals surface area contributed by atoms with Crippen LogP contribution in [0.15, 0.2) is 48.8 Å². The van der Waals surface area contributed by atoms with E-state index in [9.17, 15) is 18.0 Å². The van der Waals surface area contributed by atoms with Crippen LogP contribution in [0.5, 0.6) is 5.75 Å². The molecule has 0 fully saturated rings. The minimum Gasteiger partial charge on any atom is -0.410 e. The van der Waals surface area contributed by atoms with Gasteiger partial charge in [0.25, 0.3) is 0 Å². The number of ether oxygens (including phenoxy) is 1. The van der Waals surface area contributed by atoms with Crippen LogP contribution in [0, 0.1) is 0 Å². The Morgan fingerprint density at radius 1 is 1.17 bits per heavy atom. The van der Waals surface area contributed by atoms with Crippen molar-refractivity contribution in [3.63, 3.8) is 0 Å². The number of nitrogens with one attached hydrogen (secondary N) is 1. The van der Waals surface area contributed by atoms with E-state index in [1.807, 2.05) is 11.6 Å². The van der Waals surface area contributed by atoms with Gasteiger partial charge in [-0.2, -0.15) is 13.2 Å². The first-order chi connectivity index (χ1) is 11.3. The van der Waals surface area contributed by atoms with Crippen LogP contribution in [0.3, 0.4) is 0 Å². The van der Waals surface area contributed by atoms with E-state index in [0.717, 1.165) is 29.8 Å². The lowest BCUT2D eigenvalue weighted by Crippen LogP contribution is -2.16. The summed E-state index contributed by atoms with van der Waals surface area (Å²) in [4.78, 5) is 16.0. The number of hydrogen-bond acceptors (Lipinski definition) is 3. The average molecular weight is 335 g/mol. The number of hydrogen-bond donors (Lipinski definition) is 1. The Kier molecular flexibility index (Phi) is 3.88. The predicted octanol–water partition coefficient (Wildman–Crippen LogP) is 4.20. The zero-order valence-electron chi connectivity index (χ0n) is 12.5. The highest BCUT2D eigenvalue weighted by Gasteiger charge is 2.30. The van der Waals surface area contributed by atoms with Crippen LogP contribution in [-0.2, 0) is 13.2 Å². The number of carbonyl (C=O) groups is 1. The highest BCUT2D eigenvalue weighted by molar-refractivity contribution is 5.87. The maximum Gasteiger partial charge on any atom is 0.417 e. The zero-order chi connectivity index (χ0) is 17.3. The van der Waals surface area contributed by atoms with Gasteiger partial charge in [0.2, 0.25) is 0 Å². The Labute approximate surface area is 134 Å². The van der Waals surface area contributed by atoms with E-state index in [4.69, 9.17) is 4.74 Å². The second kappa shape index (κ2) is 5.88. The Morgan fingerprint density at radius 3 is 2.54 bits per heavy atom. The minimum atomic E-state index is -4.42. The molecular formula is C16H12F3N3O2. The highest BCUT2D eigenvalue weighted by atomic mass is 19.4. The Hall–Kier alpha value is -3.03. The zero-order valence-corrected chi connectivity index (χ0v) is 12.5. The first-order valence-electron chi connectivity index (χ1n) is 6.90. The SMILES string of the molecule is Cn1cnc2cc(OC(=O)Nc3ccc(C(F)(F)F)cc3)ccc21. The molecule has 1 heterocycles. The number of amides is 1. The maximum atomic E-state index is 12.5. The third-order valence-electron chi connectivity index (χ3n) is 3.37. The van der Waals surface area contributed by atoms with Crippen LogP contribution < -0.4 is 10.1 Å². The molecule has 24 heavy (non-hydrogen) atoms. The number of fused-ring (bicyclic) bond motifs is 1. The molecule has 1 amide bonds. The van der Waals surface area contributed by atoms with Gasteiger partial charge in [0.15, 0.2) is 0 Å². The molecule has 1 N–H and O–H groups in total. The van der Waals surface area contributed by atoms with E-state index >= 15 is 0 Å². The Bertz CT molecular complexity index is 886. The molecule has 3 aromatic rings. The summed E-state index contributed by atoms with van der Waals surface area (Å²) in [5, 5.41) is 2.37. The summed E-state index contributed by atoms with van der Waals surface area (Å²) in [5.41, 5.74) is 0.955. The van der Waals surface area contributed by atoms with Crippen molar-refractivity contribution in [1.29, 1.82) is 0 Å². The van der Waals surface area contributed by atoms with Gasteiger partial charge in [-0.1, -0.05) is 0 Å². The van der Waals surface area contributed by atoms with Crippen molar-refractivity contribution in [2.24, 2.45) is 7.05 Å². The van der Waals surface area contributed by atoms with E-state index in [-0.39, 0.29) is 11.4 Å². The first kappa shape index (κ1) is 15.9. The van der Waals surface area contributed by atoms with E-state index in [1.165, 1.54) is 0 Å². The summed E-state index contributed by atoms with van der Waals surface area (Å²) in [6, 6.07) is 9.05. The number of anilines is 1. The van der Waals surface area contributed by atoms with Crippen molar-refractivity contribution in [1.82, 2.24) is 9.55 Å². The number of rotatable bonds is 2. The number of benzene rings is 2. The molecule has 0 aliphatic heterocycles. The lowest BCUT2D eigenvalue weighted by Gasteiger charge is -2.09. The molecule has 3 rings (SSSR count). The van der Waals surface area contributed by atoms with Gasteiger partial charge < -0.3 is 9.30 Å².